The number of aliphatic carboxylic acids is 1. The fourth-order valence-electron chi connectivity index (χ4n) is 4.16. The Bertz CT molecular complexity index is 885. The number of benzene rings is 1. The largest absolute Gasteiger partial charge is 0.478 e. The van der Waals surface area contributed by atoms with Crippen molar-refractivity contribution in [1.82, 2.24) is 15.5 Å². The Labute approximate surface area is 205 Å². The van der Waals surface area contributed by atoms with E-state index in [2.05, 4.69) is 10.6 Å². The van der Waals surface area contributed by atoms with E-state index in [4.69, 9.17) is 0 Å². The SMILES string of the molecule is CNC(C(=O)N[C@H](C(=O)N(C)[C@H](/C=C(\C)C(=O)O)C(C)C)C(C)(C)C)C(C)(C)c1ccccc1. The number of hydrogen-bond acceptors (Lipinski definition) is 4. The number of carbonyl (C=O) groups is 3. The highest BCUT2D eigenvalue weighted by atomic mass is 16.4. The Morgan fingerprint density at radius 2 is 1.53 bits per heavy atom. The molecular formula is C27H43N3O4. The van der Waals surface area contributed by atoms with E-state index in [0.29, 0.717) is 0 Å². The van der Waals surface area contributed by atoms with Gasteiger partial charge in [-0.15, -0.1) is 0 Å². The van der Waals surface area contributed by atoms with Crippen molar-refractivity contribution < 1.29 is 19.5 Å². The van der Waals surface area contributed by atoms with Crippen LogP contribution in [0.2, 0.25) is 0 Å². The lowest BCUT2D eigenvalue weighted by Crippen LogP contribution is -2.61. The minimum Gasteiger partial charge on any atom is -0.478 e. The quantitative estimate of drug-likeness (QED) is 0.451. The van der Waals surface area contributed by atoms with Crippen LogP contribution in [0, 0.1) is 11.3 Å². The van der Waals surface area contributed by atoms with Crippen molar-refractivity contribution in [3.05, 3.63) is 47.5 Å². The summed E-state index contributed by atoms with van der Waals surface area (Å²) in [5, 5.41) is 15.5. The zero-order valence-electron chi connectivity index (χ0n) is 22.4. The molecule has 1 aromatic rings. The summed E-state index contributed by atoms with van der Waals surface area (Å²) >= 11 is 0. The van der Waals surface area contributed by atoms with E-state index in [1.54, 1.807) is 25.1 Å². The van der Waals surface area contributed by atoms with Crippen molar-refractivity contribution in [2.24, 2.45) is 11.3 Å². The van der Waals surface area contributed by atoms with Crippen molar-refractivity contribution in [3.8, 4) is 0 Å². The first-order chi connectivity index (χ1) is 15.5. The molecule has 1 unspecified atom stereocenters. The minimum absolute atomic E-state index is 0.0124. The summed E-state index contributed by atoms with van der Waals surface area (Å²) in [4.78, 5) is 40.1. The summed E-state index contributed by atoms with van der Waals surface area (Å²) in [6.07, 6.45) is 1.60. The van der Waals surface area contributed by atoms with Gasteiger partial charge in [-0.1, -0.05) is 84.9 Å². The molecule has 0 aliphatic heterocycles. The second-order valence-electron chi connectivity index (χ2n) is 11.0. The van der Waals surface area contributed by atoms with Gasteiger partial charge in [0, 0.05) is 18.0 Å². The molecule has 0 saturated heterocycles. The van der Waals surface area contributed by atoms with Gasteiger partial charge in [0.05, 0.1) is 12.1 Å². The molecule has 0 aliphatic rings. The fraction of sp³-hybridized carbons (Fsp3) is 0.593. The Morgan fingerprint density at radius 3 is 1.94 bits per heavy atom. The van der Waals surface area contributed by atoms with Crippen molar-refractivity contribution in [2.45, 2.75) is 78.9 Å². The molecule has 7 nitrogen and oxygen atoms in total. The highest BCUT2D eigenvalue weighted by molar-refractivity contribution is 5.91. The van der Waals surface area contributed by atoms with Gasteiger partial charge in [0.15, 0.2) is 0 Å². The number of nitrogens with one attached hydrogen (secondary N) is 2. The van der Waals surface area contributed by atoms with Crippen LogP contribution >= 0.6 is 0 Å². The topological polar surface area (TPSA) is 98.7 Å². The lowest BCUT2D eigenvalue weighted by molar-refractivity contribution is -0.141. The Hall–Kier alpha value is -2.67. The van der Waals surface area contributed by atoms with E-state index in [9.17, 15) is 19.5 Å². The zero-order valence-corrected chi connectivity index (χ0v) is 22.4. The maximum atomic E-state index is 13.7. The van der Waals surface area contributed by atoms with Crippen LogP contribution in [0.25, 0.3) is 0 Å². The third-order valence-corrected chi connectivity index (χ3v) is 6.43. The summed E-state index contributed by atoms with van der Waals surface area (Å²) in [6, 6.07) is 7.99. The summed E-state index contributed by atoms with van der Waals surface area (Å²) in [6.45, 7) is 15.1. The van der Waals surface area contributed by atoms with Crippen LogP contribution in [0.5, 0.6) is 0 Å². The molecule has 0 fully saturated rings. The normalized spacial score (nSPS) is 15.4. The van der Waals surface area contributed by atoms with Gasteiger partial charge in [-0.05, 0) is 30.9 Å². The Morgan fingerprint density at radius 1 is 1.00 bits per heavy atom. The predicted molar refractivity (Wildman–Crippen MR) is 136 cm³/mol. The molecule has 0 aromatic heterocycles. The van der Waals surface area contributed by atoms with Crippen LogP contribution in [-0.4, -0.2) is 60.0 Å². The van der Waals surface area contributed by atoms with Gasteiger partial charge in [0.2, 0.25) is 11.8 Å². The van der Waals surface area contributed by atoms with Crippen LogP contribution in [-0.2, 0) is 19.8 Å². The first-order valence-corrected chi connectivity index (χ1v) is 11.8. The number of amides is 2. The van der Waals surface area contributed by atoms with E-state index >= 15 is 0 Å². The first-order valence-electron chi connectivity index (χ1n) is 11.8. The molecule has 0 heterocycles. The Balaban J connectivity index is 3.29. The molecule has 0 bridgehead atoms. The van der Waals surface area contributed by atoms with Gasteiger partial charge in [-0.25, -0.2) is 4.79 Å². The minimum atomic E-state index is -1.02. The second-order valence-corrected chi connectivity index (χ2v) is 11.0. The lowest BCUT2D eigenvalue weighted by atomic mass is 9.76. The van der Waals surface area contributed by atoms with Crippen LogP contribution in [0.4, 0.5) is 0 Å². The first kappa shape index (κ1) is 29.4. The molecule has 34 heavy (non-hydrogen) atoms. The van der Waals surface area contributed by atoms with Crippen molar-refractivity contribution in [1.29, 1.82) is 0 Å². The zero-order chi connectivity index (χ0) is 26.4. The standard InChI is InChI=1S/C27H43N3O4/c1-17(2)20(16-18(3)25(33)34)30(10)24(32)22(26(4,5)6)29-23(31)21(28-9)27(7,8)19-14-12-11-13-15-19/h11-17,20-22,28H,1-10H3,(H,29,31)(H,33,34)/b18-16+/t20-,21?,22-/m1/s1. The van der Waals surface area contributed by atoms with Gasteiger partial charge in [0.1, 0.15) is 6.04 Å². The fourth-order valence-corrected chi connectivity index (χ4v) is 4.16. The Kier molecular flexibility index (Phi) is 10.1. The van der Waals surface area contributed by atoms with E-state index in [-0.39, 0.29) is 23.3 Å². The maximum absolute atomic E-state index is 13.7. The van der Waals surface area contributed by atoms with Crippen molar-refractivity contribution in [2.75, 3.05) is 14.1 Å². The number of likely N-dealkylation sites (N-methyl/N-ethyl adjacent to an activating group) is 2. The van der Waals surface area contributed by atoms with E-state index in [1.807, 2.05) is 78.8 Å². The smallest absolute Gasteiger partial charge is 0.331 e. The molecule has 190 valence electrons. The average molecular weight is 474 g/mol. The predicted octanol–water partition coefficient (Wildman–Crippen LogP) is 3.60. The van der Waals surface area contributed by atoms with Crippen LogP contribution in [0.3, 0.4) is 0 Å². The van der Waals surface area contributed by atoms with Crippen molar-refractivity contribution >= 4 is 17.8 Å². The summed E-state index contributed by atoms with van der Waals surface area (Å²) in [5.74, 6) is -1.56. The third-order valence-electron chi connectivity index (χ3n) is 6.43. The lowest BCUT2D eigenvalue weighted by Gasteiger charge is -2.39. The number of carboxylic acid groups (broad SMARTS) is 1. The molecule has 7 heteroatoms. The number of rotatable bonds is 10. The second kappa shape index (κ2) is 11.6. The van der Waals surface area contributed by atoms with Gasteiger partial charge in [-0.3, -0.25) is 9.59 Å². The molecule has 0 spiro atoms. The molecule has 0 radical (unpaired) electrons. The molecule has 0 aliphatic carbocycles. The molecule has 0 saturated carbocycles. The van der Waals surface area contributed by atoms with E-state index < -0.39 is 34.9 Å². The van der Waals surface area contributed by atoms with Crippen LogP contribution < -0.4 is 10.6 Å². The average Bonchev–Trinajstić information content (AvgIpc) is 2.74. The number of carbonyl (C=O) groups excluding carboxylic acids is 2. The van der Waals surface area contributed by atoms with E-state index in [0.717, 1.165) is 5.56 Å². The maximum Gasteiger partial charge on any atom is 0.331 e. The highest BCUT2D eigenvalue weighted by Crippen LogP contribution is 2.29. The monoisotopic (exact) mass is 473 g/mol. The third kappa shape index (κ3) is 7.16. The highest BCUT2D eigenvalue weighted by Gasteiger charge is 2.41. The summed E-state index contributed by atoms with van der Waals surface area (Å²) < 4.78 is 0. The summed E-state index contributed by atoms with van der Waals surface area (Å²) in [7, 11) is 3.40. The molecule has 1 rings (SSSR count). The molecule has 1 aromatic carbocycles. The molecule has 2 amide bonds. The van der Waals surface area contributed by atoms with Crippen LogP contribution in [0.15, 0.2) is 42.0 Å². The van der Waals surface area contributed by atoms with Gasteiger partial charge < -0.3 is 20.6 Å². The van der Waals surface area contributed by atoms with Crippen LogP contribution in [0.1, 0.15) is 61.0 Å². The number of nitrogens with zero attached hydrogens (tertiary/aromatic N) is 1. The molecular weight excluding hydrogens is 430 g/mol. The van der Waals surface area contributed by atoms with Gasteiger partial charge in [-0.2, -0.15) is 0 Å². The van der Waals surface area contributed by atoms with E-state index in [1.165, 1.54) is 6.92 Å². The molecule has 3 N–H and O–H groups in total. The number of hydrogen-bond donors (Lipinski definition) is 3. The van der Waals surface area contributed by atoms with Gasteiger partial charge >= 0.3 is 5.97 Å². The molecule has 3 atom stereocenters. The number of carboxylic acids is 1. The van der Waals surface area contributed by atoms with Gasteiger partial charge in [0.25, 0.3) is 0 Å². The summed E-state index contributed by atoms with van der Waals surface area (Å²) in [5.41, 5.74) is 0.0895. The van der Waals surface area contributed by atoms with Crippen molar-refractivity contribution in [3.63, 3.8) is 0 Å².